The molecule has 0 aliphatic heterocycles. The average Bonchev–Trinajstić information content (AvgIpc) is 2.65. The molecule has 1 aromatic rings. The van der Waals surface area contributed by atoms with Crippen molar-refractivity contribution in [3.05, 3.63) is 24.3 Å². The van der Waals surface area contributed by atoms with Gasteiger partial charge in [-0.25, -0.2) is 0 Å². The third-order valence-corrected chi connectivity index (χ3v) is 2.95. The van der Waals surface area contributed by atoms with Gasteiger partial charge in [-0.05, 0) is 25.0 Å². The number of para-hydroxylation sites is 2. The fraction of sp³-hybridized carbons (Fsp3) is 0.500. The Morgan fingerprint density at radius 2 is 1.93 bits per heavy atom. The summed E-state index contributed by atoms with van der Waals surface area (Å²) in [7, 11) is 0. The van der Waals surface area contributed by atoms with Crippen molar-refractivity contribution in [2.75, 3.05) is 12.3 Å². The van der Waals surface area contributed by atoms with E-state index in [1.165, 1.54) is 0 Å². The largest absolute Gasteiger partial charge is 0.488 e. The number of rotatable bonds is 3. The minimum atomic E-state index is -0.637. The molecule has 15 heavy (non-hydrogen) atoms. The normalized spacial score (nSPS) is 19.0. The monoisotopic (exact) mass is 207 g/mol. The Morgan fingerprint density at radius 1 is 1.27 bits per heavy atom. The van der Waals surface area contributed by atoms with Crippen molar-refractivity contribution in [1.29, 1.82) is 0 Å². The van der Waals surface area contributed by atoms with Crippen LogP contribution in [-0.2, 0) is 0 Å². The molecule has 3 heteroatoms. The zero-order chi connectivity index (χ0) is 10.7. The van der Waals surface area contributed by atoms with Crippen LogP contribution in [0, 0.1) is 0 Å². The summed E-state index contributed by atoms with van der Waals surface area (Å²) in [6.07, 6.45) is 3.84. The molecule has 3 nitrogen and oxygen atoms in total. The maximum Gasteiger partial charge on any atom is 0.142 e. The molecule has 1 aliphatic carbocycles. The molecular formula is C12H17NO2. The van der Waals surface area contributed by atoms with Crippen LogP contribution in [0.2, 0.25) is 0 Å². The van der Waals surface area contributed by atoms with Crippen molar-refractivity contribution in [2.45, 2.75) is 31.3 Å². The Labute approximate surface area is 89.9 Å². The molecule has 0 saturated heterocycles. The summed E-state index contributed by atoms with van der Waals surface area (Å²) < 4.78 is 5.55. The van der Waals surface area contributed by atoms with Gasteiger partial charge in [0, 0.05) is 0 Å². The van der Waals surface area contributed by atoms with Gasteiger partial charge in [0.2, 0.25) is 0 Å². The summed E-state index contributed by atoms with van der Waals surface area (Å²) in [6.45, 7) is 0.348. The van der Waals surface area contributed by atoms with Crippen LogP contribution in [0.15, 0.2) is 24.3 Å². The van der Waals surface area contributed by atoms with Gasteiger partial charge in [-0.1, -0.05) is 25.0 Å². The zero-order valence-electron chi connectivity index (χ0n) is 8.78. The first-order valence-corrected chi connectivity index (χ1v) is 5.39. The summed E-state index contributed by atoms with van der Waals surface area (Å²) in [5.41, 5.74) is 5.73. The molecule has 3 N–H and O–H groups in total. The van der Waals surface area contributed by atoms with E-state index in [4.69, 9.17) is 10.5 Å². The molecule has 0 unspecified atom stereocenters. The summed E-state index contributed by atoms with van der Waals surface area (Å²) in [5.74, 6) is 0.665. The first kappa shape index (κ1) is 10.3. The van der Waals surface area contributed by atoms with E-state index in [9.17, 15) is 5.11 Å². The molecule has 0 atom stereocenters. The number of nitrogen functional groups attached to an aromatic ring is 1. The highest BCUT2D eigenvalue weighted by molar-refractivity contribution is 5.51. The Hall–Kier alpha value is -1.22. The third-order valence-electron chi connectivity index (χ3n) is 2.95. The molecule has 0 heterocycles. The molecule has 0 aromatic heterocycles. The van der Waals surface area contributed by atoms with Crippen molar-refractivity contribution in [3.63, 3.8) is 0 Å². The van der Waals surface area contributed by atoms with Gasteiger partial charge in [-0.15, -0.1) is 0 Å². The molecule has 0 bridgehead atoms. The fourth-order valence-electron chi connectivity index (χ4n) is 2.00. The quantitative estimate of drug-likeness (QED) is 0.745. The molecule has 0 spiro atoms. The molecule has 0 radical (unpaired) electrons. The van der Waals surface area contributed by atoms with Gasteiger partial charge < -0.3 is 15.6 Å². The minimum Gasteiger partial charge on any atom is -0.488 e. The second-order valence-electron chi connectivity index (χ2n) is 4.26. The summed E-state index contributed by atoms with van der Waals surface area (Å²) in [4.78, 5) is 0. The number of aliphatic hydroxyl groups is 1. The lowest BCUT2D eigenvalue weighted by molar-refractivity contribution is 0.00165. The van der Waals surface area contributed by atoms with Gasteiger partial charge in [0.15, 0.2) is 0 Å². The topological polar surface area (TPSA) is 55.5 Å². The lowest BCUT2D eigenvalue weighted by atomic mass is 10.0. The number of benzene rings is 1. The highest BCUT2D eigenvalue weighted by Crippen LogP contribution is 2.31. The Bertz CT molecular complexity index is 332. The predicted octanol–water partition coefficient (Wildman–Crippen LogP) is 1.95. The highest BCUT2D eigenvalue weighted by atomic mass is 16.5. The molecule has 1 aromatic carbocycles. The van der Waals surface area contributed by atoms with Gasteiger partial charge in [-0.2, -0.15) is 0 Å². The lowest BCUT2D eigenvalue weighted by Crippen LogP contribution is -2.32. The van der Waals surface area contributed by atoms with E-state index in [1.54, 1.807) is 6.07 Å². The number of anilines is 1. The first-order valence-electron chi connectivity index (χ1n) is 5.39. The fourth-order valence-corrected chi connectivity index (χ4v) is 2.00. The van der Waals surface area contributed by atoms with Crippen molar-refractivity contribution in [2.24, 2.45) is 0 Å². The maximum absolute atomic E-state index is 10.1. The Balaban J connectivity index is 1.95. The summed E-state index contributed by atoms with van der Waals surface area (Å²) in [5, 5.41) is 10.1. The van der Waals surface area contributed by atoms with E-state index in [1.807, 2.05) is 18.2 Å². The third kappa shape index (κ3) is 2.42. The standard InChI is InChI=1S/C12H17NO2/c13-10-5-1-2-6-11(10)15-9-12(14)7-3-4-8-12/h1-2,5-6,14H,3-4,7-9,13H2. The van der Waals surface area contributed by atoms with Crippen molar-refractivity contribution in [3.8, 4) is 5.75 Å². The molecular weight excluding hydrogens is 190 g/mol. The van der Waals surface area contributed by atoms with E-state index in [0.29, 0.717) is 18.0 Å². The number of nitrogens with two attached hydrogens (primary N) is 1. The van der Waals surface area contributed by atoms with Crippen molar-refractivity contribution in [1.82, 2.24) is 0 Å². The summed E-state index contributed by atoms with van der Waals surface area (Å²) >= 11 is 0. The van der Waals surface area contributed by atoms with Crippen LogP contribution in [0.25, 0.3) is 0 Å². The van der Waals surface area contributed by atoms with E-state index in [2.05, 4.69) is 0 Å². The van der Waals surface area contributed by atoms with E-state index in [-0.39, 0.29) is 0 Å². The van der Waals surface area contributed by atoms with Crippen LogP contribution in [0.5, 0.6) is 5.75 Å². The number of hydrogen-bond acceptors (Lipinski definition) is 3. The molecule has 0 amide bonds. The molecule has 1 fully saturated rings. The second kappa shape index (κ2) is 4.11. The van der Waals surface area contributed by atoms with Crippen molar-refractivity contribution < 1.29 is 9.84 Å². The Kier molecular flexibility index (Phi) is 2.82. The van der Waals surface area contributed by atoms with Crippen LogP contribution in [0.4, 0.5) is 5.69 Å². The number of ether oxygens (including phenoxy) is 1. The molecule has 1 aliphatic rings. The molecule has 82 valence electrons. The lowest BCUT2D eigenvalue weighted by Gasteiger charge is -2.22. The summed E-state index contributed by atoms with van der Waals surface area (Å²) in [6, 6.07) is 7.37. The van der Waals surface area contributed by atoms with Gasteiger partial charge in [-0.3, -0.25) is 0 Å². The first-order chi connectivity index (χ1) is 7.20. The highest BCUT2D eigenvalue weighted by Gasteiger charge is 2.31. The van der Waals surface area contributed by atoms with E-state index >= 15 is 0 Å². The van der Waals surface area contributed by atoms with Crippen LogP contribution in [0.3, 0.4) is 0 Å². The average molecular weight is 207 g/mol. The van der Waals surface area contributed by atoms with E-state index in [0.717, 1.165) is 25.7 Å². The maximum atomic E-state index is 10.1. The number of hydrogen-bond donors (Lipinski definition) is 2. The van der Waals surface area contributed by atoms with Gasteiger partial charge in [0.05, 0.1) is 11.3 Å². The minimum absolute atomic E-state index is 0.348. The molecule has 1 saturated carbocycles. The van der Waals surface area contributed by atoms with Crippen LogP contribution in [0.1, 0.15) is 25.7 Å². The van der Waals surface area contributed by atoms with Crippen LogP contribution in [-0.4, -0.2) is 17.3 Å². The smallest absolute Gasteiger partial charge is 0.142 e. The van der Waals surface area contributed by atoms with Crippen LogP contribution >= 0.6 is 0 Å². The second-order valence-corrected chi connectivity index (χ2v) is 4.26. The van der Waals surface area contributed by atoms with Crippen molar-refractivity contribution >= 4 is 5.69 Å². The SMILES string of the molecule is Nc1ccccc1OCC1(O)CCCC1. The van der Waals surface area contributed by atoms with Gasteiger partial charge in [0.1, 0.15) is 12.4 Å². The predicted molar refractivity (Wildman–Crippen MR) is 59.8 cm³/mol. The zero-order valence-corrected chi connectivity index (χ0v) is 8.78. The van der Waals surface area contributed by atoms with Gasteiger partial charge >= 0.3 is 0 Å². The van der Waals surface area contributed by atoms with Crippen LogP contribution < -0.4 is 10.5 Å². The van der Waals surface area contributed by atoms with Gasteiger partial charge in [0.25, 0.3) is 0 Å². The Morgan fingerprint density at radius 3 is 2.60 bits per heavy atom. The van der Waals surface area contributed by atoms with E-state index < -0.39 is 5.60 Å². The molecule has 2 rings (SSSR count).